The number of allylic oxidation sites excluding steroid dienone is 1. The van der Waals surface area contributed by atoms with Crippen molar-refractivity contribution in [3.05, 3.63) is 23.7 Å². The maximum Gasteiger partial charge on any atom is 0.134 e. The van der Waals surface area contributed by atoms with E-state index in [2.05, 4.69) is 20.9 Å². The van der Waals surface area contributed by atoms with E-state index in [1.807, 2.05) is 24.9 Å². The van der Waals surface area contributed by atoms with E-state index in [4.69, 9.17) is 5.41 Å². The van der Waals surface area contributed by atoms with Gasteiger partial charge in [-0.25, -0.2) is 4.99 Å². The van der Waals surface area contributed by atoms with E-state index in [0.29, 0.717) is 11.7 Å². The summed E-state index contributed by atoms with van der Waals surface area (Å²) in [6.45, 7) is 5.61. The molecule has 0 aromatic heterocycles. The van der Waals surface area contributed by atoms with Crippen molar-refractivity contribution in [2.45, 2.75) is 6.92 Å². The lowest BCUT2D eigenvalue weighted by Crippen LogP contribution is -2.45. The number of aliphatic imine (C=N–C) groups is 1. The molecule has 2 heterocycles. The van der Waals surface area contributed by atoms with E-state index in [9.17, 15) is 0 Å². The second kappa shape index (κ2) is 5.68. The fourth-order valence-electron chi connectivity index (χ4n) is 1.88. The molecule has 98 valence electrons. The lowest BCUT2D eigenvalue weighted by molar-refractivity contribution is 0.357. The Kier molecular flexibility index (Phi) is 3.99. The molecule has 18 heavy (non-hydrogen) atoms. The van der Waals surface area contributed by atoms with Crippen LogP contribution in [0.1, 0.15) is 6.92 Å². The van der Waals surface area contributed by atoms with Crippen LogP contribution in [0.15, 0.2) is 28.7 Å². The molecule has 0 amide bonds. The Balaban J connectivity index is 2.00. The zero-order valence-corrected chi connectivity index (χ0v) is 10.9. The van der Waals surface area contributed by atoms with Crippen molar-refractivity contribution in [2.24, 2.45) is 4.99 Å². The third-order valence-electron chi connectivity index (χ3n) is 2.91. The average Bonchev–Trinajstić information content (AvgIpc) is 2.36. The molecule has 0 atom stereocenters. The Hall–Kier alpha value is -1.82. The van der Waals surface area contributed by atoms with Crippen LogP contribution in [0.2, 0.25) is 0 Å². The van der Waals surface area contributed by atoms with E-state index in [1.165, 1.54) is 0 Å². The molecule has 1 saturated heterocycles. The predicted molar refractivity (Wildman–Crippen MR) is 73.6 cm³/mol. The minimum atomic E-state index is 0.505. The summed E-state index contributed by atoms with van der Waals surface area (Å²) in [5, 5.41) is 17.4. The Labute approximate surface area is 107 Å². The molecule has 0 aliphatic carbocycles. The number of rotatable bonds is 3. The van der Waals surface area contributed by atoms with Gasteiger partial charge < -0.3 is 20.9 Å². The fraction of sp³-hybridized carbons (Fsp3) is 0.500. The first-order valence-electron chi connectivity index (χ1n) is 6.17. The van der Waals surface area contributed by atoms with Crippen molar-refractivity contribution in [1.82, 2.24) is 20.9 Å². The highest BCUT2D eigenvalue weighted by Crippen LogP contribution is 2.04. The third kappa shape index (κ3) is 3.10. The molecule has 6 nitrogen and oxygen atoms in total. The van der Waals surface area contributed by atoms with Crippen molar-refractivity contribution in [1.29, 1.82) is 5.41 Å². The van der Waals surface area contributed by atoms with Gasteiger partial charge >= 0.3 is 0 Å². The number of amidine groups is 2. The first-order chi connectivity index (χ1) is 8.69. The highest BCUT2D eigenvalue weighted by atomic mass is 15.2. The van der Waals surface area contributed by atoms with Crippen LogP contribution in [0, 0.1) is 5.41 Å². The molecule has 2 aliphatic heterocycles. The van der Waals surface area contributed by atoms with Crippen LogP contribution in [0.25, 0.3) is 0 Å². The first kappa shape index (κ1) is 12.6. The number of nitrogens with one attached hydrogen (secondary N) is 4. The molecule has 0 bridgehead atoms. The van der Waals surface area contributed by atoms with Crippen molar-refractivity contribution < 1.29 is 0 Å². The summed E-state index contributed by atoms with van der Waals surface area (Å²) in [6.07, 6.45) is 3.74. The summed E-state index contributed by atoms with van der Waals surface area (Å²) >= 11 is 0. The van der Waals surface area contributed by atoms with Gasteiger partial charge in [-0.15, -0.1) is 0 Å². The third-order valence-corrected chi connectivity index (χ3v) is 2.91. The van der Waals surface area contributed by atoms with Crippen LogP contribution in [0.5, 0.6) is 0 Å². The molecule has 1 fully saturated rings. The fourth-order valence-corrected chi connectivity index (χ4v) is 1.88. The van der Waals surface area contributed by atoms with Crippen LogP contribution < -0.4 is 16.0 Å². The highest BCUT2D eigenvalue weighted by Gasteiger charge is 2.12. The predicted octanol–water partition coefficient (Wildman–Crippen LogP) is -0.165. The monoisotopic (exact) mass is 248 g/mol. The van der Waals surface area contributed by atoms with E-state index in [1.54, 1.807) is 6.08 Å². The van der Waals surface area contributed by atoms with E-state index < -0.39 is 0 Å². The SMILES string of the molecule is CNC(=CC(=N)N1CCNCC1)N=C1C=C(C)N1. The van der Waals surface area contributed by atoms with Crippen molar-refractivity contribution in [2.75, 3.05) is 33.2 Å². The molecule has 0 aromatic carbocycles. The maximum atomic E-state index is 8.05. The molecule has 0 aromatic rings. The molecule has 0 unspecified atom stereocenters. The topological polar surface area (TPSA) is 75.5 Å². The van der Waals surface area contributed by atoms with E-state index in [-0.39, 0.29) is 0 Å². The zero-order valence-electron chi connectivity index (χ0n) is 10.9. The van der Waals surface area contributed by atoms with Crippen molar-refractivity contribution in [3.63, 3.8) is 0 Å². The van der Waals surface area contributed by atoms with E-state index >= 15 is 0 Å². The smallest absolute Gasteiger partial charge is 0.134 e. The van der Waals surface area contributed by atoms with Crippen LogP contribution in [0.4, 0.5) is 0 Å². The minimum absolute atomic E-state index is 0.505. The zero-order chi connectivity index (χ0) is 13.0. The molecule has 2 rings (SSSR count). The quantitative estimate of drug-likeness (QED) is 0.413. The van der Waals surface area contributed by atoms with Crippen LogP contribution in [-0.2, 0) is 0 Å². The number of nitrogens with zero attached hydrogens (tertiary/aromatic N) is 2. The Morgan fingerprint density at radius 2 is 2.17 bits per heavy atom. The summed E-state index contributed by atoms with van der Waals surface area (Å²) in [7, 11) is 1.82. The maximum absolute atomic E-state index is 8.05. The summed E-state index contributed by atoms with van der Waals surface area (Å²) in [6, 6.07) is 0. The van der Waals surface area contributed by atoms with E-state index in [0.717, 1.165) is 37.7 Å². The van der Waals surface area contributed by atoms with Gasteiger partial charge in [0, 0.05) is 45.0 Å². The van der Waals surface area contributed by atoms with Gasteiger partial charge in [0.1, 0.15) is 17.5 Å². The summed E-state index contributed by atoms with van der Waals surface area (Å²) in [5.41, 5.74) is 1.11. The molecule has 0 radical (unpaired) electrons. The molecular weight excluding hydrogens is 228 g/mol. The number of piperazine rings is 1. The molecular formula is C12H20N6. The van der Waals surface area contributed by atoms with Gasteiger partial charge in [0.2, 0.25) is 0 Å². The second-order valence-electron chi connectivity index (χ2n) is 4.35. The number of hydrogen-bond acceptors (Lipinski definition) is 4. The lowest BCUT2D eigenvalue weighted by Gasteiger charge is -2.28. The van der Waals surface area contributed by atoms with Crippen molar-refractivity contribution >= 4 is 11.7 Å². The first-order valence-corrected chi connectivity index (χ1v) is 6.17. The Morgan fingerprint density at radius 1 is 1.50 bits per heavy atom. The lowest BCUT2D eigenvalue weighted by atomic mass is 10.3. The van der Waals surface area contributed by atoms with Gasteiger partial charge in [0.05, 0.1) is 0 Å². The molecule has 2 aliphatic rings. The van der Waals surface area contributed by atoms with Crippen molar-refractivity contribution in [3.8, 4) is 0 Å². The van der Waals surface area contributed by atoms with Crippen LogP contribution >= 0.6 is 0 Å². The largest absolute Gasteiger partial charge is 0.373 e. The standard InChI is InChI=1S/C12H20N6/c1-9-7-12(16-9)17-11(14-2)8-10(13)18-5-3-15-4-6-18/h7-8,13-15H,3-6H2,1-2H3,(H,16,17). The summed E-state index contributed by atoms with van der Waals surface area (Å²) in [4.78, 5) is 6.43. The van der Waals surface area contributed by atoms with Gasteiger partial charge in [-0.05, 0) is 13.0 Å². The van der Waals surface area contributed by atoms with Gasteiger partial charge in [-0.2, -0.15) is 0 Å². The van der Waals surface area contributed by atoms with Gasteiger partial charge in [-0.3, -0.25) is 5.41 Å². The van der Waals surface area contributed by atoms with Gasteiger partial charge in [0.15, 0.2) is 0 Å². The van der Waals surface area contributed by atoms with Crippen LogP contribution in [0.3, 0.4) is 0 Å². The molecule has 6 heteroatoms. The molecule has 0 spiro atoms. The van der Waals surface area contributed by atoms with Gasteiger partial charge in [0.25, 0.3) is 0 Å². The Morgan fingerprint density at radius 3 is 2.72 bits per heavy atom. The second-order valence-corrected chi connectivity index (χ2v) is 4.35. The molecule has 0 saturated carbocycles. The molecule has 4 N–H and O–H groups in total. The summed E-state index contributed by atoms with van der Waals surface area (Å²) < 4.78 is 0. The van der Waals surface area contributed by atoms with Gasteiger partial charge in [-0.1, -0.05) is 0 Å². The minimum Gasteiger partial charge on any atom is -0.373 e. The summed E-state index contributed by atoms with van der Waals surface area (Å²) in [5.74, 6) is 2.04. The highest BCUT2D eigenvalue weighted by molar-refractivity contribution is 6.01. The van der Waals surface area contributed by atoms with Crippen LogP contribution in [-0.4, -0.2) is 49.8 Å². The Bertz CT molecular complexity index is 414. The average molecular weight is 248 g/mol. The number of hydrogen-bond donors (Lipinski definition) is 4. The normalized spacial score (nSPS) is 22.1.